The molecule has 0 amide bonds. The number of ether oxygens (including phenoxy) is 1. The highest BCUT2D eigenvalue weighted by atomic mass is 35.5. The van der Waals surface area contributed by atoms with Crippen LogP contribution in [-0.4, -0.2) is 6.36 Å². The lowest BCUT2D eigenvalue weighted by Crippen LogP contribution is -2.18. The number of hydrogen-bond acceptors (Lipinski definition) is 2. The van der Waals surface area contributed by atoms with E-state index in [2.05, 4.69) is 4.74 Å². The van der Waals surface area contributed by atoms with Gasteiger partial charge in [0, 0.05) is 17.7 Å². The van der Waals surface area contributed by atoms with Gasteiger partial charge in [-0.3, -0.25) is 0 Å². The molecule has 2 aromatic rings. The lowest BCUT2D eigenvalue weighted by Gasteiger charge is -2.14. The van der Waals surface area contributed by atoms with Crippen LogP contribution in [0.3, 0.4) is 0 Å². The molecular weight excluding hydrogens is 326 g/mol. The number of hydrogen-bond donors (Lipinski definition) is 1. The molecule has 0 saturated heterocycles. The summed E-state index contributed by atoms with van der Waals surface area (Å²) in [5, 5.41) is 0.686. The summed E-state index contributed by atoms with van der Waals surface area (Å²) >= 11 is 12.0. The standard InChI is InChI=1S/C14H10Cl2F3NO/c15-11-3-1-2-10(13(11)16)8-4-5-12(9(6-8)7-20)21-14(17,18)19/h1-6H,7,20H2. The van der Waals surface area contributed by atoms with Gasteiger partial charge in [0.05, 0.1) is 10.0 Å². The second-order valence-corrected chi connectivity index (χ2v) is 4.96. The molecule has 0 aromatic heterocycles. The van der Waals surface area contributed by atoms with Crippen LogP contribution in [0.15, 0.2) is 36.4 Å². The zero-order chi connectivity index (χ0) is 15.6. The van der Waals surface area contributed by atoms with Gasteiger partial charge < -0.3 is 10.5 Å². The summed E-state index contributed by atoms with van der Waals surface area (Å²) in [4.78, 5) is 0. The van der Waals surface area contributed by atoms with Crippen LogP contribution >= 0.6 is 23.2 Å². The third-order valence-electron chi connectivity index (χ3n) is 2.77. The van der Waals surface area contributed by atoms with Crippen LogP contribution in [0, 0.1) is 0 Å². The second-order valence-electron chi connectivity index (χ2n) is 4.18. The van der Waals surface area contributed by atoms with E-state index in [1.165, 1.54) is 18.2 Å². The van der Waals surface area contributed by atoms with E-state index >= 15 is 0 Å². The molecule has 0 bridgehead atoms. The molecule has 0 radical (unpaired) electrons. The average Bonchev–Trinajstić information content (AvgIpc) is 2.41. The van der Waals surface area contributed by atoms with Crippen molar-refractivity contribution in [1.29, 1.82) is 0 Å². The van der Waals surface area contributed by atoms with Crippen LogP contribution in [0.5, 0.6) is 5.75 Å². The summed E-state index contributed by atoms with van der Waals surface area (Å²) in [6, 6.07) is 9.22. The Balaban J connectivity index is 2.46. The fourth-order valence-electron chi connectivity index (χ4n) is 1.86. The fourth-order valence-corrected chi connectivity index (χ4v) is 2.27. The third kappa shape index (κ3) is 3.81. The predicted molar refractivity (Wildman–Crippen MR) is 76.5 cm³/mol. The van der Waals surface area contributed by atoms with Crippen LogP contribution < -0.4 is 10.5 Å². The van der Waals surface area contributed by atoms with Crippen LogP contribution in [0.25, 0.3) is 11.1 Å². The quantitative estimate of drug-likeness (QED) is 0.854. The van der Waals surface area contributed by atoms with E-state index < -0.39 is 6.36 Å². The molecule has 0 aliphatic rings. The van der Waals surface area contributed by atoms with Crippen molar-refractivity contribution in [3.8, 4) is 16.9 Å². The first-order chi connectivity index (χ1) is 9.81. The van der Waals surface area contributed by atoms with Gasteiger partial charge >= 0.3 is 6.36 Å². The van der Waals surface area contributed by atoms with Gasteiger partial charge in [0.2, 0.25) is 0 Å². The van der Waals surface area contributed by atoms with E-state index in [1.54, 1.807) is 18.2 Å². The van der Waals surface area contributed by atoms with Crippen molar-refractivity contribution in [2.45, 2.75) is 12.9 Å². The Morgan fingerprint density at radius 2 is 1.81 bits per heavy atom. The van der Waals surface area contributed by atoms with Crippen LogP contribution in [0.2, 0.25) is 10.0 Å². The summed E-state index contributed by atoms with van der Waals surface area (Å²) < 4.78 is 40.8. The lowest BCUT2D eigenvalue weighted by molar-refractivity contribution is -0.274. The first-order valence-corrected chi connectivity index (χ1v) is 6.60. The highest BCUT2D eigenvalue weighted by molar-refractivity contribution is 6.43. The third-order valence-corrected chi connectivity index (χ3v) is 3.59. The number of nitrogens with two attached hydrogens (primary N) is 1. The van der Waals surface area contributed by atoms with E-state index in [4.69, 9.17) is 28.9 Å². The van der Waals surface area contributed by atoms with Crippen LogP contribution in [0.1, 0.15) is 5.56 Å². The van der Waals surface area contributed by atoms with Crippen molar-refractivity contribution in [2.24, 2.45) is 5.73 Å². The Labute approximate surface area is 129 Å². The van der Waals surface area contributed by atoms with Gasteiger partial charge in [0.15, 0.2) is 0 Å². The number of halogens is 5. The molecule has 0 atom stereocenters. The summed E-state index contributed by atoms with van der Waals surface area (Å²) in [6.07, 6.45) is -4.76. The molecule has 112 valence electrons. The van der Waals surface area contributed by atoms with E-state index in [0.717, 1.165) is 0 Å². The molecule has 0 fully saturated rings. The zero-order valence-electron chi connectivity index (χ0n) is 10.5. The highest BCUT2D eigenvalue weighted by Gasteiger charge is 2.32. The molecule has 0 aliphatic carbocycles. The molecule has 2 N–H and O–H groups in total. The van der Waals surface area contributed by atoms with Crippen molar-refractivity contribution in [1.82, 2.24) is 0 Å². The van der Waals surface area contributed by atoms with Gasteiger partial charge in [0.25, 0.3) is 0 Å². The predicted octanol–water partition coefficient (Wildman–Crippen LogP) is 5.02. The molecule has 0 heterocycles. The van der Waals surface area contributed by atoms with E-state index in [9.17, 15) is 13.2 Å². The van der Waals surface area contributed by atoms with Crippen molar-refractivity contribution in [3.63, 3.8) is 0 Å². The minimum atomic E-state index is -4.76. The van der Waals surface area contributed by atoms with Crippen LogP contribution in [0.4, 0.5) is 13.2 Å². The second kappa shape index (κ2) is 6.13. The Bertz CT molecular complexity index is 659. The lowest BCUT2D eigenvalue weighted by atomic mass is 10.0. The molecule has 2 nitrogen and oxygen atoms in total. The molecule has 0 spiro atoms. The molecule has 21 heavy (non-hydrogen) atoms. The fraction of sp³-hybridized carbons (Fsp3) is 0.143. The summed E-state index contributed by atoms with van der Waals surface area (Å²) in [6.45, 7) is -0.0998. The molecule has 0 aliphatic heterocycles. The molecule has 7 heteroatoms. The number of rotatable bonds is 3. The maximum absolute atomic E-state index is 12.3. The number of alkyl halides is 3. The van der Waals surface area contributed by atoms with Gasteiger partial charge in [-0.15, -0.1) is 13.2 Å². The summed E-state index contributed by atoms with van der Waals surface area (Å²) in [5.74, 6) is -0.327. The van der Waals surface area contributed by atoms with Gasteiger partial charge in [-0.1, -0.05) is 41.4 Å². The summed E-state index contributed by atoms with van der Waals surface area (Å²) in [7, 11) is 0. The van der Waals surface area contributed by atoms with Crippen molar-refractivity contribution in [2.75, 3.05) is 0 Å². The number of benzene rings is 2. The van der Waals surface area contributed by atoms with Gasteiger partial charge in [-0.05, 0) is 23.8 Å². The largest absolute Gasteiger partial charge is 0.573 e. The van der Waals surface area contributed by atoms with Crippen molar-refractivity contribution in [3.05, 3.63) is 52.0 Å². The monoisotopic (exact) mass is 335 g/mol. The van der Waals surface area contributed by atoms with Crippen LogP contribution in [-0.2, 0) is 6.54 Å². The Hall–Kier alpha value is -1.43. The van der Waals surface area contributed by atoms with Crippen molar-refractivity contribution >= 4 is 23.2 Å². The normalized spacial score (nSPS) is 11.5. The minimum Gasteiger partial charge on any atom is -0.405 e. The molecule has 0 saturated carbocycles. The smallest absolute Gasteiger partial charge is 0.405 e. The van der Waals surface area contributed by atoms with E-state index in [0.29, 0.717) is 21.2 Å². The van der Waals surface area contributed by atoms with E-state index in [1.807, 2.05) is 0 Å². The van der Waals surface area contributed by atoms with Crippen molar-refractivity contribution < 1.29 is 17.9 Å². The Kier molecular flexibility index (Phi) is 4.66. The van der Waals surface area contributed by atoms with Gasteiger partial charge in [-0.2, -0.15) is 0 Å². The SMILES string of the molecule is NCc1cc(-c2cccc(Cl)c2Cl)ccc1OC(F)(F)F. The molecule has 2 aromatic carbocycles. The summed E-state index contributed by atoms with van der Waals surface area (Å²) in [5.41, 5.74) is 6.92. The molecule has 0 unspecified atom stereocenters. The Morgan fingerprint density at radius 1 is 1.10 bits per heavy atom. The zero-order valence-corrected chi connectivity index (χ0v) is 12.1. The first kappa shape index (κ1) is 15.9. The molecular formula is C14H10Cl2F3NO. The minimum absolute atomic E-state index is 0.0998. The highest BCUT2D eigenvalue weighted by Crippen LogP contribution is 2.36. The maximum atomic E-state index is 12.3. The Morgan fingerprint density at radius 3 is 2.43 bits per heavy atom. The van der Waals surface area contributed by atoms with Gasteiger partial charge in [-0.25, -0.2) is 0 Å². The maximum Gasteiger partial charge on any atom is 0.573 e. The topological polar surface area (TPSA) is 35.2 Å². The van der Waals surface area contributed by atoms with Gasteiger partial charge in [0.1, 0.15) is 5.75 Å². The first-order valence-electron chi connectivity index (χ1n) is 5.85. The average molecular weight is 336 g/mol. The molecule has 2 rings (SSSR count). The van der Waals surface area contributed by atoms with E-state index in [-0.39, 0.29) is 17.9 Å².